The van der Waals surface area contributed by atoms with E-state index in [0.717, 1.165) is 28.8 Å². The Bertz CT molecular complexity index is 1550. The fourth-order valence-electron chi connectivity index (χ4n) is 4.30. The number of thiazole rings is 1. The predicted molar refractivity (Wildman–Crippen MR) is 171 cm³/mol. The number of carbonyl (C=O) groups excluding carboxylic acids is 1. The Morgan fingerprint density at radius 2 is 2.02 bits per heavy atom. The molecule has 0 aliphatic carbocycles. The summed E-state index contributed by atoms with van der Waals surface area (Å²) in [6.45, 7) is 14.1. The van der Waals surface area contributed by atoms with Crippen LogP contribution < -0.4 is 9.64 Å². The van der Waals surface area contributed by atoms with Crippen molar-refractivity contribution in [2.24, 2.45) is 0 Å². The van der Waals surface area contributed by atoms with Crippen LogP contribution >= 0.6 is 22.9 Å². The molecule has 2 aromatic heterocycles. The van der Waals surface area contributed by atoms with Crippen molar-refractivity contribution in [3.63, 3.8) is 0 Å². The van der Waals surface area contributed by atoms with E-state index in [-0.39, 0.29) is 23.1 Å². The second kappa shape index (κ2) is 13.7. The third kappa shape index (κ3) is 7.73. The van der Waals surface area contributed by atoms with Gasteiger partial charge in [0, 0.05) is 22.5 Å². The van der Waals surface area contributed by atoms with E-state index < -0.39 is 20.1 Å². The molecule has 0 fully saturated rings. The van der Waals surface area contributed by atoms with Gasteiger partial charge in [0.1, 0.15) is 0 Å². The van der Waals surface area contributed by atoms with E-state index >= 15 is 0 Å². The highest BCUT2D eigenvalue weighted by Gasteiger charge is 2.36. The Morgan fingerprint density at radius 3 is 2.72 bits per heavy atom. The standard InChI is InChI=1S/C31H38ClFN4O4SSi/c1-20-22-12-8-16-37(28(22)36-35-27(20)32)30-34-26(29(38)39-5)25(42-30)13-10-17-40-24-15-14-21(19-23(24)33)11-9-18-41-43(6,7)31(2,3)4/h14-15,19H,8,10,12-13,16-18H2,1-7H3. The number of esters is 1. The molecular formula is C31H38ClFN4O4SSi. The molecule has 8 nitrogen and oxygen atoms in total. The van der Waals surface area contributed by atoms with E-state index in [1.165, 1.54) is 24.5 Å². The summed E-state index contributed by atoms with van der Waals surface area (Å²) in [7, 11) is -0.549. The Kier molecular flexibility index (Phi) is 10.5. The number of hydrogen-bond acceptors (Lipinski definition) is 9. The molecule has 0 saturated carbocycles. The number of benzene rings is 1. The molecule has 4 rings (SSSR count). The number of anilines is 2. The second-order valence-corrected chi connectivity index (χ2v) is 18.1. The van der Waals surface area contributed by atoms with Crippen LogP contribution in [0.3, 0.4) is 0 Å². The summed E-state index contributed by atoms with van der Waals surface area (Å²) in [5.41, 5.74) is 2.76. The van der Waals surface area contributed by atoms with Gasteiger partial charge in [0.25, 0.3) is 0 Å². The summed E-state index contributed by atoms with van der Waals surface area (Å²) in [6, 6.07) is 4.69. The molecule has 1 aromatic carbocycles. The third-order valence-electron chi connectivity index (χ3n) is 7.91. The highest BCUT2D eigenvalue weighted by atomic mass is 35.5. The monoisotopic (exact) mass is 644 g/mol. The Morgan fingerprint density at radius 1 is 1.26 bits per heavy atom. The number of nitrogens with zero attached hydrogens (tertiary/aromatic N) is 4. The minimum atomic E-state index is -1.88. The number of rotatable bonds is 9. The molecule has 0 N–H and O–H groups in total. The minimum absolute atomic E-state index is 0.103. The van der Waals surface area contributed by atoms with Gasteiger partial charge < -0.3 is 18.8 Å². The lowest BCUT2D eigenvalue weighted by atomic mass is 10.0. The zero-order valence-electron chi connectivity index (χ0n) is 25.8. The summed E-state index contributed by atoms with van der Waals surface area (Å²) in [5.74, 6) is 5.84. The van der Waals surface area contributed by atoms with Crippen LogP contribution in [0.15, 0.2) is 18.2 Å². The molecule has 43 heavy (non-hydrogen) atoms. The molecule has 0 radical (unpaired) electrons. The normalized spacial score (nSPS) is 13.3. The first-order chi connectivity index (χ1) is 20.3. The van der Waals surface area contributed by atoms with Crippen LogP contribution in [0, 0.1) is 24.6 Å². The maximum atomic E-state index is 14.7. The molecule has 3 aromatic rings. The van der Waals surface area contributed by atoms with E-state index in [1.807, 2.05) is 11.8 Å². The summed E-state index contributed by atoms with van der Waals surface area (Å²) in [4.78, 5) is 19.9. The molecule has 3 heterocycles. The average molecular weight is 645 g/mol. The molecule has 1 aliphatic heterocycles. The van der Waals surface area contributed by atoms with Crippen molar-refractivity contribution in [3.8, 4) is 17.6 Å². The van der Waals surface area contributed by atoms with E-state index in [2.05, 4.69) is 60.9 Å². The predicted octanol–water partition coefficient (Wildman–Crippen LogP) is 7.29. The van der Waals surface area contributed by atoms with Gasteiger partial charge in [0.05, 0.1) is 20.3 Å². The topological polar surface area (TPSA) is 86.7 Å². The highest BCUT2D eigenvalue weighted by Crippen LogP contribution is 2.38. The Hall–Kier alpha value is -3.04. The fourth-order valence-corrected chi connectivity index (χ4v) is 6.44. The van der Waals surface area contributed by atoms with Crippen molar-refractivity contribution in [2.75, 3.05) is 31.8 Å². The number of aryl methyl sites for hydroxylation is 1. The van der Waals surface area contributed by atoms with E-state index in [1.54, 1.807) is 12.1 Å². The van der Waals surface area contributed by atoms with Crippen molar-refractivity contribution in [3.05, 3.63) is 56.4 Å². The number of methoxy groups -OCH3 is 1. The minimum Gasteiger partial charge on any atom is -0.491 e. The Labute approximate surface area is 263 Å². The largest absolute Gasteiger partial charge is 0.491 e. The Balaban J connectivity index is 1.38. The first kappa shape index (κ1) is 32.9. The molecule has 0 saturated heterocycles. The second-order valence-electron chi connectivity index (χ2n) is 11.9. The number of fused-ring (bicyclic) bond motifs is 1. The van der Waals surface area contributed by atoms with Crippen molar-refractivity contribution in [2.45, 2.75) is 71.5 Å². The average Bonchev–Trinajstić information content (AvgIpc) is 3.39. The number of halogens is 2. The molecule has 0 bridgehead atoms. The van der Waals surface area contributed by atoms with Crippen LogP contribution in [0.2, 0.25) is 23.3 Å². The van der Waals surface area contributed by atoms with Gasteiger partial charge in [-0.15, -0.1) is 21.5 Å². The molecule has 1 aliphatic rings. The van der Waals surface area contributed by atoms with Gasteiger partial charge in [0.2, 0.25) is 0 Å². The van der Waals surface area contributed by atoms with E-state index in [0.29, 0.717) is 47.7 Å². The molecule has 230 valence electrons. The zero-order valence-corrected chi connectivity index (χ0v) is 28.3. The zero-order chi connectivity index (χ0) is 31.4. The number of ether oxygens (including phenoxy) is 2. The van der Waals surface area contributed by atoms with Gasteiger partial charge in [-0.1, -0.05) is 44.2 Å². The highest BCUT2D eigenvalue weighted by molar-refractivity contribution is 7.16. The molecule has 0 spiro atoms. The van der Waals surface area contributed by atoms with Crippen molar-refractivity contribution >= 4 is 48.2 Å². The smallest absolute Gasteiger partial charge is 0.357 e. The van der Waals surface area contributed by atoms with Crippen LogP contribution in [0.4, 0.5) is 15.3 Å². The lowest BCUT2D eigenvalue weighted by Gasteiger charge is -2.35. The molecule has 12 heteroatoms. The maximum Gasteiger partial charge on any atom is 0.357 e. The van der Waals surface area contributed by atoms with Gasteiger partial charge >= 0.3 is 5.97 Å². The summed E-state index contributed by atoms with van der Waals surface area (Å²) in [6.07, 6.45) is 2.80. The van der Waals surface area contributed by atoms with Crippen LogP contribution in [-0.2, 0) is 22.0 Å². The van der Waals surface area contributed by atoms with Gasteiger partial charge in [0.15, 0.2) is 41.7 Å². The van der Waals surface area contributed by atoms with E-state index in [4.69, 9.17) is 25.5 Å². The molecular weight excluding hydrogens is 607 g/mol. The van der Waals surface area contributed by atoms with Crippen molar-refractivity contribution in [1.29, 1.82) is 0 Å². The first-order valence-electron chi connectivity index (χ1n) is 14.2. The SMILES string of the molecule is COC(=O)c1nc(N2CCCc3c2nnc(Cl)c3C)sc1CCCOc1ccc(C#CCO[Si](C)(C)C(C)(C)C)cc1F. The van der Waals surface area contributed by atoms with Gasteiger partial charge in [-0.2, -0.15) is 0 Å². The quantitative estimate of drug-likeness (QED) is 0.104. The number of carbonyl (C=O) groups is 1. The lowest BCUT2D eigenvalue weighted by Crippen LogP contribution is -2.40. The van der Waals surface area contributed by atoms with Gasteiger partial charge in [-0.3, -0.25) is 0 Å². The van der Waals surface area contributed by atoms with Crippen molar-refractivity contribution < 1.29 is 23.1 Å². The number of hydrogen-bond donors (Lipinski definition) is 0. The lowest BCUT2D eigenvalue weighted by molar-refractivity contribution is 0.0593. The molecule has 0 atom stereocenters. The maximum absolute atomic E-state index is 14.7. The van der Waals surface area contributed by atoms with Crippen LogP contribution in [0.1, 0.15) is 65.7 Å². The molecule has 0 amide bonds. The summed E-state index contributed by atoms with van der Waals surface area (Å²) < 4.78 is 31.5. The van der Waals surface area contributed by atoms with Gasteiger partial charge in [-0.05, 0) is 74.5 Å². The first-order valence-corrected chi connectivity index (χ1v) is 18.3. The fraction of sp³-hybridized carbons (Fsp3) is 0.484. The third-order valence-corrected chi connectivity index (χ3v) is 13.9. The molecule has 0 unspecified atom stereocenters. The van der Waals surface area contributed by atoms with E-state index in [9.17, 15) is 9.18 Å². The summed E-state index contributed by atoms with van der Waals surface area (Å²) in [5, 5.41) is 9.55. The number of aromatic nitrogens is 3. The van der Waals surface area contributed by atoms with Gasteiger partial charge in [-0.25, -0.2) is 14.2 Å². The van der Waals surface area contributed by atoms with Crippen LogP contribution in [0.25, 0.3) is 0 Å². The summed E-state index contributed by atoms with van der Waals surface area (Å²) >= 11 is 7.61. The van der Waals surface area contributed by atoms with Crippen LogP contribution in [-0.4, -0.2) is 56.3 Å². The van der Waals surface area contributed by atoms with Crippen molar-refractivity contribution in [1.82, 2.24) is 15.2 Å². The van der Waals surface area contributed by atoms with Crippen LogP contribution in [0.5, 0.6) is 5.75 Å².